The molecule has 0 saturated carbocycles. The van der Waals surface area contributed by atoms with Gasteiger partial charge in [0.1, 0.15) is 29.1 Å². The Labute approximate surface area is 303 Å². The minimum absolute atomic E-state index is 0.174. The third-order valence-electron chi connectivity index (χ3n) is 9.99. The largest absolute Gasteiger partial charge is 0.458 e. The van der Waals surface area contributed by atoms with Crippen molar-refractivity contribution in [3.05, 3.63) is 151 Å². The normalized spacial score (nSPS) is 13.9. The molecule has 51 heavy (non-hydrogen) atoms. The molecule has 0 aromatic heterocycles. The first-order valence-corrected chi connectivity index (χ1v) is 18.4. The van der Waals surface area contributed by atoms with E-state index in [9.17, 15) is 5.26 Å². The summed E-state index contributed by atoms with van der Waals surface area (Å²) in [5, 5.41) is 10.2. The molecule has 4 aliphatic heterocycles. The predicted molar refractivity (Wildman–Crippen MR) is 206 cm³/mol. The number of ether oxygens (including phenoxy) is 2. The summed E-state index contributed by atoms with van der Waals surface area (Å²) >= 11 is 3.58. The van der Waals surface area contributed by atoms with E-state index < -0.39 is 0 Å². The second-order valence-electron chi connectivity index (χ2n) is 12.8. The highest BCUT2D eigenvalue weighted by atomic mass is 32.2. The van der Waals surface area contributed by atoms with E-state index in [-0.39, 0.29) is 6.71 Å². The molecule has 0 N–H and O–H groups in total. The number of fused-ring (bicyclic) bond motifs is 8. The highest BCUT2D eigenvalue weighted by molar-refractivity contribution is 8.00. The molecule has 0 saturated heterocycles. The molecule has 7 aromatic rings. The minimum Gasteiger partial charge on any atom is -0.458 e. The topological polar surface area (TPSA) is 48.7 Å². The minimum atomic E-state index is -0.174. The average Bonchev–Trinajstić information content (AvgIpc) is 3.18. The molecular weight excluding hydrogens is 665 g/mol. The quantitative estimate of drug-likeness (QED) is 0.168. The summed E-state index contributed by atoms with van der Waals surface area (Å²) in [5.74, 6) is 2.80. The third kappa shape index (κ3) is 4.26. The maximum absolute atomic E-state index is 10.2. The molecule has 11 rings (SSSR count). The van der Waals surface area contributed by atoms with Crippen LogP contribution in [0.2, 0.25) is 0 Å². The fourth-order valence-electron chi connectivity index (χ4n) is 7.79. The maximum Gasteiger partial charge on any atom is 0.260 e. The number of para-hydroxylation sites is 4. The van der Waals surface area contributed by atoms with E-state index in [4.69, 9.17) is 9.47 Å². The lowest BCUT2D eigenvalue weighted by atomic mass is 9.34. The Balaban J connectivity index is 1.07. The van der Waals surface area contributed by atoms with Crippen LogP contribution < -0.4 is 35.7 Å². The highest BCUT2D eigenvalue weighted by Gasteiger charge is 2.42. The molecule has 7 aromatic carbocycles. The van der Waals surface area contributed by atoms with Gasteiger partial charge in [0.25, 0.3) is 6.71 Å². The van der Waals surface area contributed by atoms with Crippen molar-refractivity contribution in [2.24, 2.45) is 0 Å². The number of anilines is 6. The molecule has 5 nitrogen and oxygen atoms in total. The van der Waals surface area contributed by atoms with Gasteiger partial charge < -0.3 is 19.3 Å². The van der Waals surface area contributed by atoms with Crippen molar-refractivity contribution < 1.29 is 9.47 Å². The standard InChI is InChI=1S/C43H24BN3O2S2/c45-25-26-17-22-35-42-43(26)49-37-24-28(47-33-11-3-7-15-40(33)51-41-16-8-4-12-34(41)47)19-21-30(37)44(42)29-20-18-27(23-36(29)48-35)46-31-9-1-5-13-38(31)50-39-14-6-2-10-32(39)46/h1-24H. The van der Waals surface area contributed by atoms with Crippen molar-refractivity contribution in [3.63, 3.8) is 0 Å². The van der Waals surface area contributed by atoms with E-state index in [2.05, 4.69) is 149 Å². The summed E-state index contributed by atoms with van der Waals surface area (Å²) in [6.45, 7) is -0.174. The van der Waals surface area contributed by atoms with Crippen molar-refractivity contribution in [2.75, 3.05) is 9.80 Å². The number of benzene rings is 7. The Kier molecular flexibility index (Phi) is 6.21. The van der Waals surface area contributed by atoms with E-state index in [1.54, 1.807) is 29.6 Å². The molecule has 0 aliphatic carbocycles. The molecule has 0 unspecified atom stereocenters. The van der Waals surface area contributed by atoms with Gasteiger partial charge >= 0.3 is 0 Å². The molecular formula is C43H24BN3O2S2. The maximum atomic E-state index is 10.2. The summed E-state index contributed by atoms with van der Waals surface area (Å²) in [6.07, 6.45) is 0. The lowest BCUT2D eigenvalue weighted by molar-refractivity contribution is 0.463. The zero-order valence-electron chi connectivity index (χ0n) is 26.9. The van der Waals surface area contributed by atoms with E-state index in [0.717, 1.165) is 62.0 Å². The zero-order chi connectivity index (χ0) is 33.6. The van der Waals surface area contributed by atoms with Crippen molar-refractivity contribution in [1.82, 2.24) is 0 Å². The number of hydrogen-bond donors (Lipinski definition) is 0. The van der Waals surface area contributed by atoms with Crippen LogP contribution in [0.25, 0.3) is 0 Å². The zero-order valence-corrected chi connectivity index (χ0v) is 28.5. The van der Waals surface area contributed by atoms with Crippen LogP contribution in [-0.4, -0.2) is 6.71 Å². The molecule has 0 fully saturated rings. The number of nitrogens with zero attached hydrogens (tertiary/aromatic N) is 3. The summed E-state index contributed by atoms with van der Waals surface area (Å²) in [4.78, 5) is 9.44. The summed E-state index contributed by atoms with van der Waals surface area (Å²) < 4.78 is 13.4. The Morgan fingerprint density at radius 1 is 0.490 bits per heavy atom. The first-order chi connectivity index (χ1) is 25.2. The van der Waals surface area contributed by atoms with Gasteiger partial charge in [-0.1, -0.05) is 84.2 Å². The van der Waals surface area contributed by atoms with Crippen LogP contribution in [0.15, 0.2) is 165 Å². The molecule has 0 amide bonds. The summed E-state index contributed by atoms with van der Waals surface area (Å²) in [7, 11) is 0. The molecule has 4 aliphatic rings. The van der Waals surface area contributed by atoms with Crippen LogP contribution in [0.1, 0.15) is 5.56 Å². The van der Waals surface area contributed by atoms with Gasteiger partial charge in [-0.2, -0.15) is 5.26 Å². The van der Waals surface area contributed by atoms with Gasteiger partial charge in [0.2, 0.25) is 0 Å². The molecule has 0 spiro atoms. The Hall–Kier alpha value is -6.01. The average molecular weight is 690 g/mol. The van der Waals surface area contributed by atoms with Gasteiger partial charge in [0.15, 0.2) is 0 Å². The Morgan fingerprint density at radius 3 is 1.41 bits per heavy atom. The number of rotatable bonds is 2. The number of hydrogen-bond acceptors (Lipinski definition) is 7. The van der Waals surface area contributed by atoms with Gasteiger partial charge in [-0.25, -0.2) is 0 Å². The molecule has 238 valence electrons. The molecule has 4 heterocycles. The van der Waals surface area contributed by atoms with Crippen molar-refractivity contribution >= 4 is 80.7 Å². The van der Waals surface area contributed by atoms with Crippen molar-refractivity contribution in [3.8, 4) is 29.1 Å². The van der Waals surface area contributed by atoms with E-state index in [0.29, 0.717) is 17.1 Å². The predicted octanol–water partition coefficient (Wildman–Crippen LogP) is 10.2. The Bertz CT molecular complexity index is 2570. The van der Waals surface area contributed by atoms with Crippen molar-refractivity contribution in [1.29, 1.82) is 5.26 Å². The van der Waals surface area contributed by atoms with Gasteiger partial charge in [-0.05, 0) is 83.7 Å². The number of nitriles is 1. The summed E-state index contributed by atoms with van der Waals surface area (Å²) in [5.41, 5.74) is 10.0. The second-order valence-corrected chi connectivity index (χ2v) is 15.0. The smallest absolute Gasteiger partial charge is 0.260 e. The lowest BCUT2D eigenvalue weighted by Crippen LogP contribution is -2.57. The van der Waals surface area contributed by atoms with Crippen molar-refractivity contribution in [2.45, 2.75) is 19.6 Å². The Morgan fingerprint density at radius 2 is 0.941 bits per heavy atom. The fraction of sp³-hybridized carbons (Fsp3) is 0. The van der Waals surface area contributed by atoms with Crippen LogP contribution in [0.3, 0.4) is 0 Å². The van der Waals surface area contributed by atoms with Gasteiger partial charge in [-0.3, -0.25) is 0 Å². The van der Waals surface area contributed by atoms with Crippen LogP contribution in [-0.2, 0) is 0 Å². The van der Waals surface area contributed by atoms with E-state index >= 15 is 0 Å². The molecule has 8 heteroatoms. The van der Waals surface area contributed by atoms with Crippen LogP contribution in [0.5, 0.6) is 23.0 Å². The molecule has 0 radical (unpaired) electrons. The summed E-state index contributed by atoms with van der Waals surface area (Å²) in [6, 6.07) is 53.2. The second kappa shape index (κ2) is 11.0. The first-order valence-electron chi connectivity index (χ1n) is 16.8. The fourth-order valence-corrected chi connectivity index (χ4v) is 9.91. The van der Waals surface area contributed by atoms with Gasteiger partial charge in [-0.15, -0.1) is 0 Å². The first kappa shape index (κ1) is 28.8. The lowest BCUT2D eigenvalue weighted by Gasteiger charge is -2.36. The van der Waals surface area contributed by atoms with E-state index in [1.165, 1.54) is 19.6 Å². The third-order valence-corrected chi connectivity index (χ3v) is 12.3. The van der Waals surface area contributed by atoms with Gasteiger partial charge in [0.05, 0.1) is 28.3 Å². The molecule has 0 bridgehead atoms. The van der Waals surface area contributed by atoms with E-state index in [1.807, 2.05) is 6.07 Å². The van der Waals surface area contributed by atoms with Crippen LogP contribution in [0, 0.1) is 11.3 Å². The van der Waals surface area contributed by atoms with Crippen LogP contribution in [0.4, 0.5) is 34.1 Å². The van der Waals surface area contributed by atoms with Crippen LogP contribution >= 0.6 is 23.5 Å². The molecule has 0 atom stereocenters. The SMILES string of the molecule is N#Cc1ccc2c3c1Oc1cc(N4c5ccccc5Sc5ccccc54)ccc1B3c1ccc(N3c4ccccc4Sc4ccccc43)cc1O2. The monoisotopic (exact) mass is 689 g/mol. The highest BCUT2D eigenvalue weighted by Crippen LogP contribution is 2.53. The van der Waals surface area contributed by atoms with Gasteiger partial charge in [0, 0.05) is 48.6 Å².